The monoisotopic (exact) mass is 316 g/mol. The number of alkyl carbamates (subject to hydrolysis) is 1. The molecule has 1 aromatic rings. The minimum atomic E-state index is -0.461. The highest BCUT2D eigenvalue weighted by atomic mass is 16.6. The zero-order valence-corrected chi connectivity index (χ0v) is 14.5. The van der Waals surface area contributed by atoms with Crippen LogP contribution in [0.5, 0.6) is 0 Å². The summed E-state index contributed by atoms with van der Waals surface area (Å²) >= 11 is 0. The predicted molar refractivity (Wildman–Crippen MR) is 94.2 cm³/mol. The molecule has 1 aliphatic heterocycles. The van der Waals surface area contributed by atoms with E-state index in [1.54, 1.807) is 0 Å². The van der Waals surface area contributed by atoms with Gasteiger partial charge in [-0.25, -0.2) is 4.79 Å². The highest BCUT2D eigenvalue weighted by molar-refractivity contribution is 5.68. The summed E-state index contributed by atoms with van der Waals surface area (Å²) in [5.41, 5.74) is 2.04. The molecule has 1 saturated heterocycles. The molecule has 4 nitrogen and oxygen atoms in total. The molecule has 0 spiro atoms. The Morgan fingerprint density at radius 1 is 1.30 bits per heavy atom. The molecular formula is C19H28N2O2. The van der Waals surface area contributed by atoms with Crippen LogP contribution in [0.15, 0.2) is 30.3 Å². The Balaban J connectivity index is 1.79. The van der Waals surface area contributed by atoms with Crippen molar-refractivity contribution in [2.75, 3.05) is 19.6 Å². The molecule has 4 heteroatoms. The van der Waals surface area contributed by atoms with Crippen molar-refractivity contribution in [3.05, 3.63) is 41.5 Å². The minimum Gasteiger partial charge on any atom is -0.444 e. The Morgan fingerprint density at radius 2 is 2.04 bits per heavy atom. The second-order valence-corrected chi connectivity index (χ2v) is 7.01. The van der Waals surface area contributed by atoms with E-state index in [-0.39, 0.29) is 6.09 Å². The summed E-state index contributed by atoms with van der Waals surface area (Å²) in [5.74, 6) is 0. The maximum Gasteiger partial charge on any atom is 0.407 e. The highest BCUT2D eigenvalue weighted by Gasteiger charge is 2.15. The van der Waals surface area contributed by atoms with Crippen molar-refractivity contribution in [1.82, 2.24) is 10.2 Å². The van der Waals surface area contributed by atoms with Crippen molar-refractivity contribution in [3.63, 3.8) is 0 Å². The van der Waals surface area contributed by atoms with Crippen molar-refractivity contribution in [2.24, 2.45) is 0 Å². The number of nitrogens with one attached hydrogen (secondary N) is 1. The number of likely N-dealkylation sites (tertiary alicyclic amines) is 1. The summed E-state index contributed by atoms with van der Waals surface area (Å²) in [6, 6.07) is 8.56. The first-order chi connectivity index (χ1) is 10.9. The molecule has 0 bridgehead atoms. The van der Waals surface area contributed by atoms with Gasteiger partial charge in [0.25, 0.3) is 0 Å². The van der Waals surface area contributed by atoms with Gasteiger partial charge < -0.3 is 10.1 Å². The van der Waals surface area contributed by atoms with Crippen LogP contribution >= 0.6 is 0 Å². The Morgan fingerprint density at radius 3 is 2.74 bits per heavy atom. The third kappa shape index (κ3) is 6.87. The molecule has 0 atom stereocenters. The Labute approximate surface area is 139 Å². The van der Waals surface area contributed by atoms with E-state index in [2.05, 4.69) is 34.5 Å². The van der Waals surface area contributed by atoms with Crippen LogP contribution in [0, 0.1) is 0 Å². The number of benzene rings is 1. The number of hydrogen-bond donors (Lipinski definition) is 1. The predicted octanol–water partition coefficient (Wildman–Crippen LogP) is 3.82. The van der Waals surface area contributed by atoms with Crippen LogP contribution in [0.3, 0.4) is 0 Å². The van der Waals surface area contributed by atoms with Crippen LogP contribution in [-0.4, -0.2) is 36.2 Å². The lowest BCUT2D eigenvalue weighted by Gasteiger charge is -2.19. The SMILES string of the molecule is CC(C)(C)OC(=O)NCC=Cc1cccc(CN2CCCC2)c1. The van der Waals surface area contributed by atoms with Gasteiger partial charge >= 0.3 is 6.09 Å². The Kier molecular flexibility index (Phi) is 6.22. The van der Waals surface area contributed by atoms with Gasteiger partial charge in [0.2, 0.25) is 0 Å². The largest absolute Gasteiger partial charge is 0.444 e. The summed E-state index contributed by atoms with van der Waals surface area (Å²) in [5, 5.41) is 2.73. The second-order valence-electron chi connectivity index (χ2n) is 7.01. The van der Waals surface area contributed by atoms with E-state index in [0.29, 0.717) is 6.54 Å². The number of amides is 1. The van der Waals surface area contributed by atoms with Gasteiger partial charge in [-0.05, 0) is 57.8 Å². The summed E-state index contributed by atoms with van der Waals surface area (Å²) < 4.78 is 5.19. The molecule has 1 aromatic carbocycles. The lowest BCUT2D eigenvalue weighted by Crippen LogP contribution is -2.32. The molecule has 0 aromatic heterocycles. The molecule has 0 aliphatic carbocycles. The van der Waals surface area contributed by atoms with Crippen LogP contribution in [0.4, 0.5) is 4.79 Å². The van der Waals surface area contributed by atoms with Gasteiger partial charge in [-0.2, -0.15) is 0 Å². The first-order valence-corrected chi connectivity index (χ1v) is 8.37. The zero-order chi connectivity index (χ0) is 16.7. The van der Waals surface area contributed by atoms with E-state index in [9.17, 15) is 4.79 Å². The van der Waals surface area contributed by atoms with E-state index in [0.717, 1.165) is 12.1 Å². The van der Waals surface area contributed by atoms with Crippen LogP contribution < -0.4 is 5.32 Å². The number of carbonyl (C=O) groups excluding carboxylic acids is 1. The van der Waals surface area contributed by atoms with E-state index >= 15 is 0 Å². The van der Waals surface area contributed by atoms with Gasteiger partial charge in [0.15, 0.2) is 0 Å². The molecule has 0 saturated carbocycles. The number of ether oxygens (including phenoxy) is 1. The molecule has 1 heterocycles. The summed E-state index contributed by atoms with van der Waals surface area (Å²) in [6.45, 7) is 9.47. The molecule has 126 valence electrons. The van der Waals surface area contributed by atoms with Crippen molar-refractivity contribution >= 4 is 12.2 Å². The molecule has 1 aliphatic rings. The summed E-state index contributed by atoms with van der Waals surface area (Å²) in [6.07, 6.45) is 6.22. The lowest BCUT2D eigenvalue weighted by atomic mass is 10.1. The van der Waals surface area contributed by atoms with Gasteiger partial charge in [-0.1, -0.05) is 36.4 Å². The van der Waals surface area contributed by atoms with Crippen LogP contribution in [0.2, 0.25) is 0 Å². The molecule has 1 fully saturated rings. The molecule has 2 rings (SSSR count). The fraction of sp³-hybridized carbons (Fsp3) is 0.526. The smallest absolute Gasteiger partial charge is 0.407 e. The number of hydrogen-bond acceptors (Lipinski definition) is 3. The van der Waals surface area contributed by atoms with E-state index in [1.165, 1.54) is 31.5 Å². The first-order valence-electron chi connectivity index (χ1n) is 8.37. The van der Waals surface area contributed by atoms with Crippen LogP contribution in [0.1, 0.15) is 44.7 Å². The average Bonchev–Trinajstić information content (AvgIpc) is 2.95. The van der Waals surface area contributed by atoms with Gasteiger partial charge in [0.05, 0.1) is 0 Å². The molecular weight excluding hydrogens is 288 g/mol. The fourth-order valence-corrected chi connectivity index (χ4v) is 2.65. The molecule has 0 unspecified atom stereocenters. The van der Waals surface area contributed by atoms with Gasteiger partial charge in [-0.3, -0.25) is 4.90 Å². The van der Waals surface area contributed by atoms with E-state index < -0.39 is 5.60 Å². The topological polar surface area (TPSA) is 41.6 Å². The number of carbonyl (C=O) groups is 1. The van der Waals surface area contributed by atoms with Crippen molar-refractivity contribution in [3.8, 4) is 0 Å². The van der Waals surface area contributed by atoms with Gasteiger partial charge in [-0.15, -0.1) is 0 Å². The summed E-state index contributed by atoms with van der Waals surface area (Å²) in [4.78, 5) is 14.0. The second kappa shape index (κ2) is 8.16. The van der Waals surface area contributed by atoms with Crippen molar-refractivity contribution in [2.45, 2.75) is 45.8 Å². The standard InChI is InChI=1S/C19H28N2O2/c1-19(2,3)23-18(22)20-11-7-10-16-8-6-9-17(14-16)15-21-12-4-5-13-21/h6-10,14H,4-5,11-13,15H2,1-3H3,(H,20,22). The van der Waals surface area contributed by atoms with Crippen molar-refractivity contribution < 1.29 is 9.53 Å². The maximum absolute atomic E-state index is 11.5. The molecule has 23 heavy (non-hydrogen) atoms. The van der Waals surface area contributed by atoms with E-state index in [4.69, 9.17) is 4.74 Å². The van der Waals surface area contributed by atoms with Gasteiger partial charge in [0, 0.05) is 13.1 Å². The fourth-order valence-electron chi connectivity index (χ4n) is 2.65. The Bertz CT molecular complexity index is 541. The summed E-state index contributed by atoms with van der Waals surface area (Å²) in [7, 11) is 0. The zero-order valence-electron chi connectivity index (χ0n) is 14.5. The first kappa shape index (κ1) is 17.5. The number of nitrogens with zero attached hydrogens (tertiary/aromatic N) is 1. The third-order valence-corrected chi connectivity index (χ3v) is 3.63. The average molecular weight is 316 g/mol. The Hall–Kier alpha value is -1.81. The van der Waals surface area contributed by atoms with Crippen LogP contribution in [0.25, 0.3) is 6.08 Å². The highest BCUT2D eigenvalue weighted by Crippen LogP contribution is 2.14. The van der Waals surface area contributed by atoms with E-state index in [1.807, 2.05) is 32.9 Å². The van der Waals surface area contributed by atoms with Crippen LogP contribution in [-0.2, 0) is 11.3 Å². The molecule has 0 radical (unpaired) electrons. The minimum absolute atomic E-state index is 0.384. The van der Waals surface area contributed by atoms with Gasteiger partial charge in [0.1, 0.15) is 5.60 Å². The lowest BCUT2D eigenvalue weighted by molar-refractivity contribution is 0.0534. The van der Waals surface area contributed by atoms with Crippen molar-refractivity contribution in [1.29, 1.82) is 0 Å². The normalized spacial score (nSPS) is 16.0. The maximum atomic E-state index is 11.5. The third-order valence-electron chi connectivity index (χ3n) is 3.63. The molecule has 1 N–H and O–H groups in total. The quantitative estimate of drug-likeness (QED) is 0.898. The molecule has 1 amide bonds. The number of rotatable bonds is 5.